The number of amides is 2. The van der Waals surface area contributed by atoms with Crippen LogP contribution in [-0.4, -0.2) is 45.9 Å². The van der Waals surface area contributed by atoms with Crippen LogP contribution in [0.2, 0.25) is 0 Å². The Morgan fingerprint density at radius 1 is 1.00 bits per heavy atom. The number of hydrogen-bond donors (Lipinski definition) is 2. The van der Waals surface area contributed by atoms with Gasteiger partial charge in [0.2, 0.25) is 0 Å². The maximum absolute atomic E-state index is 13.3. The number of para-hydroxylation sites is 1. The molecule has 6 fully saturated rings. The van der Waals surface area contributed by atoms with Gasteiger partial charge in [-0.25, -0.2) is 4.79 Å². The number of aliphatic hydroxyl groups is 1. The molecular formula is C24H32N2O3. The molecule has 4 atom stereocenters. The van der Waals surface area contributed by atoms with Gasteiger partial charge >= 0.3 is 6.03 Å². The minimum atomic E-state index is -0.441. The lowest BCUT2D eigenvalue weighted by Gasteiger charge is -2.58. The number of benzene rings is 1. The number of rotatable bonds is 3. The lowest BCUT2D eigenvalue weighted by atomic mass is 9.52. The van der Waals surface area contributed by atoms with Gasteiger partial charge in [-0.05, 0) is 74.8 Å². The molecule has 7 rings (SSSR count). The summed E-state index contributed by atoms with van der Waals surface area (Å²) in [4.78, 5) is 15.5. The molecule has 0 radical (unpaired) electrons. The van der Waals surface area contributed by atoms with E-state index >= 15 is 0 Å². The van der Waals surface area contributed by atoms with E-state index in [-0.39, 0.29) is 18.2 Å². The Labute approximate surface area is 172 Å². The first kappa shape index (κ1) is 18.1. The minimum Gasteiger partial charge on any atom is -0.490 e. The van der Waals surface area contributed by atoms with Crippen molar-refractivity contribution in [3.63, 3.8) is 0 Å². The van der Waals surface area contributed by atoms with E-state index in [9.17, 15) is 9.90 Å². The number of hydrogen-bond acceptors (Lipinski definition) is 3. The molecule has 0 aromatic heterocycles. The first-order valence-corrected chi connectivity index (χ1v) is 11.6. The monoisotopic (exact) mass is 396 g/mol. The summed E-state index contributed by atoms with van der Waals surface area (Å²) in [6.07, 6.45) is 9.35. The minimum absolute atomic E-state index is 0.139. The first-order valence-electron chi connectivity index (χ1n) is 11.6. The molecule has 2 saturated heterocycles. The largest absolute Gasteiger partial charge is 0.490 e. The highest BCUT2D eigenvalue weighted by Crippen LogP contribution is 2.55. The number of fused-ring (bicyclic) bond motifs is 2. The number of nitrogens with zero attached hydrogens (tertiary/aromatic N) is 1. The van der Waals surface area contributed by atoms with Crippen LogP contribution < -0.4 is 10.1 Å². The highest BCUT2D eigenvalue weighted by Gasteiger charge is 2.55. The molecule has 5 heteroatoms. The van der Waals surface area contributed by atoms with Crippen molar-refractivity contribution in [1.82, 2.24) is 10.2 Å². The van der Waals surface area contributed by atoms with E-state index < -0.39 is 5.60 Å². The van der Waals surface area contributed by atoms with Crippen LogP contribution in [0.4, 0.5) is 4.79 Å². The highest BCUT2D eigenvalue weighted by atomic mass is 16.5. The molecule has 1 aromatic carbocycles. The van der Waals surface area contributed by atoms with Gasteiger partial charge in [0.25, 0.3) is 0 Å². The Morgan fingerprint density at radius 3 is 2.28 bits per heavy atom. The Balaban J connectivity index is 1.11. The second kappa shape index (κ2) is 6.63. The van der Waals surface area contributed by atoms with E-state index in [1.54, 1.807) is 0 Å². The summed E-state index contributed by atoms with van der Waals surface area (Å²) in [5, 5.41) is 14.3. The fraction of sp³-hybridized carbons (Fsp3) is 0.708. The quantitative estimate of drug-likeness (QED) is 0.819. The number of nitrogens with one attached hydrogen (secondary N) is 1. The number of carbonyl (C=O) groups is 1. The number of piperidine rings is 1. The van der Waals surface area contributed by atoms with Crippen molar-refractivity contribution in [1.29, 1.82) is 0 Å². The highest BCUT2D eigenvalue weighted by molar-refractivity contribution is 5.76. The number of urea groups is 1. The lowest BCUT2D eigenvalue weighted by molar-refractivity contribution is -0.137. The SMILES string of the molecule is O=C(NC1C2CC3CC1CC(O)(C3)C2)N1C2CCC1CC(Oc1ccccc1)C2. The van der Waals surface area contributed by atoms with Crippen LogP contribution in [0.3, 0.4) is 0 Å². The molecular weight excluding hydrogens is 364 g/mol. The van der Waals surface area contributed by atoms with Crippen molar-refractivity contribution >= 4 is 6.03 Å². The van der Waals surface area contributed by atoms with Gasteiger partial charge < -0.3 is 20.1 Å². The van der Waals surface area contributed by atoms with Gasteiger partial charge in [-0.2, -0.15) is 0 Å². The zero-order chi connectivity index (χ0) is 19.6. The van der Waals surface area contributed by atoms with Crippen molar-refractivity contribution < 1.29 is 14.6 Å². The lowest BCUT2D eigenvalue weighted by Crippen LogP contribution is -2.64. The van der Waals surface area contributed by atoms with Crippen LogP contribution in [0.25, 0.3) is 0 Å². The van der Waals surface area contributed by atoms with Gasteiger partial charge in [0.05, 0.1) is 5.60 Å². The molecule has 29 heavy (non-hydrogen) atoms. The molecule has 4 unspecified atom stereocenters. The summed E-state index contributed by atoms with van der Waals surface area (Å²) in [6, 6.07) is 11.0. The van der Waals surface area contributed by atoms with E-state index in [4.69, 9.17) is 4.74 Å². The van der Waals surface area contributed by atoms with E-state index in [1.807, 2.05) is 30.3 Å². The molecule has 5 nitrogen and oxygen atoms in total. The summed E-state index contributed by atoms with van der Waals surface area (Å²) in [7, 11) is 0. The summed E-state index contributed by atoms with van der Waals surface area (Å²) in [6.45, 7) is 0. The van der Waals surface area contributed by atoms with Crippen LogP contribution in [0.1, 0.15) is 57.8 Å². The second-order valence-electron chi connectivity index (χ2n) is 10.5. The fourth-order valence-corrected chi connectivity index (χ4v) is 7.68. The van der Waals surface area contributed by atoms with Crippen LogP contribution in [0, 0.1) is 17.8 Å². The van der Waals surface area contributed by atoms with Gasteiger partial charge in [-0.3, -0.25) is 0 Å². The van der Waals surface area contributed by atoms with Gasteiger partial charge in [0.15, 0.2) is 0 Å². The standard InChI is InChI=1S/C24H32N2O3/c27-23(25-22-16-8-15-9-17(22)14-24(28,12-15)13-16)26-18-6-7-19(26)11-21(10-18)29-20-4-2-1-3-5-20/h1-5,15-19,21-22,28H,6-14H2,(H,25,27). The van der Waals surface area contributed by atoms with Gasteiger partial charge in [-0.15, -0.1) is 0 Å². The topological polar surface area (TPSA) is 61.8 Å². The van der Waals surface area contributed by atoms with Crippen molar-refractivity contribution in [3.8, 4) is 5.75 Å². The van der Waals surface area contributed by atoms with Crippen LogP contribution in [0.5, 0.6) is 5.75 Å². The molecule has 2 aliphatic heterocycles. The fourth-order valence-electron chi connectivity index (χ4n) is 7.68. The van der Waals surface area contributed by atoms with Crippen molar-refractivity contribution in [2.75, 3.05) is 0 Å². The predicted octanol–water partition coefficient (Wildman–Crippen LogP) is 3.71. The summed E-state index contributed by atoms with van der Waals surface area (Å²) in [5.74, 6) is 2.53. The predicted molar refractivity (Wildman–Crippen MR) is 110 cm³/mol. The third-order valence-electron chi connectivity index (χ3n) is 8.50. The maximum atomic E-state index is 13.3. The van der Waals surface area contributed by atoms with Crippen molar-refractivity contribution in [2.24, 2.45) is 17.8 Å². The second-order valence-corrected chi connectivity index (χ2v) is 10.5. The molecule has 1 aromatic rings. The normalized spacial score (nSPS) is 44.7. The number of carbonyl (C=O) groups excluding carboxylic acids is 1. The van der Waals surface area contributed by atoms with E-state index in [2.05, 4.69) is 10.2 Å². The zero-order valence-corrected chi connectivity index (χ0v) is 17.0. The maximum Gasteiger partial charge on any atom is 0.318 e. The molecule has 0 spiro atoms. The average molecular weight is 397 g/mol. The molecule has 2 amide bonds. The van der Waals surface area contributed by atoms with Crippen molar-refractivity contribution in [2.45, 2.75) is 87.6 Å². The summed E-state index contributed by atoms with van der Waals surface area (Å²) >= 11 is 0. The zero-order valence-electron chi connectivity index (χ0n) is 17.0. The molecule has 156 valence electrons. The Kier molecular flexibility index (Phi) is 4.13. The van der Waals surface area contributed by atoms with E-state index in [0.717, 1.165) is 50.7 Å². The molecule has 4 aliphatic carbocycles. The van der Waals surface area contributed by atoms with Crippen LogP contribution in [0.15, 0.2) is 30.3 Å². The Morgan fingerprint density at radius 2 is 1.66 bits per heavy atom. The molecule has 2 N–H and O–H groups in total. The van der Waals surface area contributed by atoms with Gasteiger partial charge in [-0.1, -0.05) is 18.2 Å². The van der Waals surface area contributed by atoms with Gasteiger partial charge in [0, 0.05) is 31.0 Å². The van der Waals surface area contributed by atoms with Crippen LogP contribution in [-0.2, 0) is 0 Å². The molecule has 6 bridgehead atoms. The Hall–Kier alpha value is -1.75. The van der Waals surface area contributed by atoms with E-state index in [1.165, 1.54) is 12.8 Å². The van der Waals surface area contributed by atoms with E-state index in [0.29, 0.717) is 29.8 Å². The summed E-state index contributed by atoms with van der Waals surface area (Å²) < 4.78 is 6.22. The average Bonchev–Trinajstić information content (AvgIpc) is 2.95. The summed E-state index contributed by atoms with van der Waals surface area (Å²) in [5.41, 5.74) is -0.441. The molecule has 6 aliphatic rings. The first-order chi connectivity index (χ1) is 14.1. The molecule has 4 saturated carbocycles. The van der Waals surface area contributed by atoms with Crippen LogP contribution >= 0.6 is 0 Å². The van der Waals surface area contributed by atoms with Gasteiger partial charge in [0.1, 0.15) is 11.9 Å². The Bertz CT molecular complexity index is 754. The third kappa shape index (κ3) is 3.13. The molecule has 2 heterocycles. The van der Waals surface area contributed by atoms with Crippen molar-refractivity contribution in [3.05, 3.63) is 30.3 Å². The number of ether oxygens (including phenoxy) is 1. The third-order valence-corrected chi connectivity index (χ3v) is 8.50. The smallest absolute Gasteiger partial charge is 0.318 e.